The quantitative estimate of drug-likeness (QED) is 0.750. The molecule has 0 atom stereocenters. The highest BCUT2D eigenvalue weighted by molar-refractivity contribution is 7.89. The predicted molar refractivity (Wildman–Crippen MR) is 77.1 cm³/mol. The van der Waals surface area contributed by atoms with Gasteiger partial charge in [-0.05, 0) is 17.7 Å². The van der Waals surface area contributed by atoms with Crippen LogP contribution < -0.4 is 0 Å². The molecular weight excluding hydrogens is 319 g/mol. The van der Waals surface area contributed by atoms with Gasteiger partial charge >= 0.3 is 6.18 Å². The molecule has 0 fully saturated rings. The summed E-state index contributed by atoms with van der Waals surface area (Å²) in [6, 6.07) is 5.57. The number of halogens is 3. The molecule has 22 heavy (non-hydrogen) atoms. The first-order valence-corrected chi connectivity index (χ1v) is 8.31. The van der Waals surface area contributed by atoms with Crippen molar-refractivity contribution in [2.24, 2.45) is 0 Å². The van der Waals surface area contributed by atoms with E-state index in [4.69, 9.17) is 0 Å². The third-order valence-electron chi connectivity index (χ3n) is 2.61. The summed E-state index contributed by atoms with van der Waals surface area (Å²) in [7, 11) is -3.30. The normalized spacial score (nSPS) is 12.0. The molecule has 0 aliphatic carbocycles. The molecule has 0 aliphatic rings. The van der Waals surface area contributed by atoms with Crippen LogP contribution in [0.5, 0.6) is 0 Å². The molecule has 1 amide bonds. The Balaban J connectivity index is 3.03. The standard InChI is InChI=1S/C14H16F3NO3S/c1-3-7-18(10-14(15,16)17)13(19)12-6-4-5-11(8-12)9-22(2,20)21/h3-6,8H,1,7,9-10H2,2H3. The zero-order valence-corrected chi connectivity index (χ0v) is 12.7. The fraction of sp³-hybridized carbons (Fsp3) is 0.357. The molecule has 0 aromatic heterocycles. The first-order valence-electron chi connectivity index (χ1n) is 6.25. The Hall–Kier alpha value is -1.83. The minimum atomic E-state index is -4.52. The minimum Gasteiger partial charge on any atom is -0.326 e. The zero-order chi connectivity index (χ0) is 17.0. The number of alkyl halides is 3. The summed E-state index contributed by atoms with van der Waals surface area (Å²) in [5, 5.41) is 0. The second kappa shape index (κ2) is 6.95. The number of benzene rings is 1. The molecule has 8 heteroatoms. The van der Waals surface area contributed by atoms with Crippen LogP contribution in [0.1, 0.15) is 15.9 Å². The number of sulfone groups is 1. The molecule has 122 valence electrons. The summed E-state index contributed by atoms with van der Waals surface area (Å²) in [4.78, 5) is 12.8. The van der Waals surface area contributed by atoms with Crippen LogP contribution in [0.4, 0.5) is 13.2 Å². The van der Waals surface area contributed by atoms with Gasteiger partial charge in [0.25, 0.3) is 5.91 Å². The van der Waals surface area contributed by atoms with Gasteiger partial charge in [0.1, 0.15) is 6.54 Å². The summed E-state index contributed by atoms with van der Waals surface area (Å²) >= 11 is 0. The Morgan fingerprint density at radius 2 is 2.00 bits per heavy atom. The summed E-state index contributed by atoms with van der Waals surface area (Å²) in [6.07, 6.45) is -2.29. The smallest absolute Gasteiger partial charge is 0.326 e. The van der Waals surface area contributed by atoms with E-state index in [1.807, 2.05) is 0 Å². The van der Waals surface area contributed by atoms with Crippen LogP contribution >= 0.6 is 0 Å². The van der Waals surface area contributed by atoms with E-state index in [0.717, 1.165) is 6.26 Å². The summed E-state index contributed by atoms with van der Waals surface area (Å²) in [5.74, 6) is -1.11. The average Bonchev–Trinajstić information content (AvgIpc) is 2.34. The lowest BCUT2D eigenvalue weighted by atomic mass is 10.1. The molecule has 0 aliphatic heterocycles. The van der Waals surface area contributed by atoms with E-state index in [2.05, 4.69) is 6.58 Å². The second-order valence-electron chi connectivity index (χ2n) is 4.86. The van der Waals surface area contributed by atoms with E-state index in [0.29, 0.717) is 10.5 Å². The topological polar surface area (TPSA) is 54.5 Å². The molecule has 1 aromatic rings. The van der Waals surface area contributed by atoms with Crippen molar-refractivity contribution in [3.05, 3.63) is 48.0 Å². The van der Waals surface area contributed by atoms with Gasteiger partial charge in [-0.15, -0.1) is 6.58 Å². The van der Waals surface area contributed by atoms with Crippen molar-refractivity contribution in [2.45, 2.75) is 11.9 Å². The van der Waals surface area contributed by atoms with Crippen LogP contribution in [0.15, 0.2) is 36.9 Å². The van der Waals surface area contributed by atoms with Gasteiger partial charge in [-0.3, -0.25) is 4.79 Å². The summed E-state index contributed by atoms with van der Waals surface area (Å²) < 4.78 is 60.0. The van der Waals surface area contributed by atoms with Crippen molar-refractivity contribution in [3.63, 3.8) is 0 Å². The van der Waals surface area contributed by atoms with Gasteiger partial charge in [-0.1, -0.05) is 18.2 Å². The van der Waals surface area contributed by atoms with E-state index in [9.17, 15) is 26.4 Å². The lowest BCUT2D eigenvalue weighted by molar-refractivity contribution is -0.139. The first-order chi connectivity index (χ1) is 10.0. The molecule has 0 saturated carbocycles. The van der Waals surface area contributed by atoms with E-state index in [1.54, 1.807) is 0 Å². The highest BCUT2D eigenvalue weighted by atomic mass is 32.2. The lowest BCUT2D eigenvalue weighted by Crippen LogP contribution is -2.39. The van der Waals surface area contributed by atoms with Gasteiger partial charge in [0, 0.05) is 18.4 Å². The number of nitrogens with zero attached hydrogens (tertiary/aromatic N) is 1. The maximum absolute atomic E-state index is 12.5. The number of hydrogen-bond acceptors (Lipinski definition) is 3. The maximum atomic E-state index is 12.5. The Bertz CT molecular complexity index is 654. The third kappa shape index (κ3) is 6.30. The molecular formula is C14H16F3NO3S. The fourth-order valence-corrected chi connectivity index (χ4v) is 2.66. The van der Waals surface area contributed by atoms with Crippen LogP contribution in [0, 0.1) is 0 Å². The van der Waals surface area contributed by atoms with Gasteiger partial charge < -0.3 is 4.90 Å². The Labute approximate surface area is 127 Å². The van der Waals surface area contributed by atoms with Gasteiger partial charge in [-0.2, -0.15) is 13.2 Å². The molecule has 0 spiro atoms. The highest BCUT2D eigenvalue weighted by Gasteiger charge is 2.32. The van der Waals surface area contributed by atoms with Crippen molar-refractivity contribution < 1.29 is 26.4 Å². The molecule has 0 N–H and O–H groups in total. The molecule has 4 nitrogen and oxygen atoms in total. The number of amides is 1. The van der Waals surface area contributed by atoms with E-state index < -0.39 is 28.5 Å². The predicted octanol–water partition coefficient (Wildman–Crippen LogP) is 2.42. The van der Waals surface area contributed by atoms with Gasteiger partial charge in [-0.25, -0.2) is 8.42 Å². The Morgan fingerprint density at radius 3 is 2.50 bits per heavy atom. The maximum Gasteiger partial charge on any atom is 0.406 e. The monoisotopic (exact) mass is 335 g/mol. The second-order valence-corrected chi connectivity index (χ2v) is 7.00. The first kappa shape index (κ1) is 18.2. The molecule has 0 saturated heterocycles. The zero-order valence-electron chi connectivity index (χ0n) is 11.9. The molecule has 0 heterocycles. The minimum absolute atomic E-state index is 0.00671. The van der Waals surface area contributed by atoms with Crippen molar-refractivity contribution in [2.75, 3.05) is 19.3 Å². The van der Waals surface area contributed by atoms with Gasteiger partial charge in [0.05, 0.1) is 5.75 Å². The van der Waals surface area contributed by atoms with Gasteiger partial charge in [0.2, 0.25) is 0 Å². The molecule has 0 unspecified atom stereocenters. The highest BCUT2D eigenvalue weighted by Crippen LogP contribution is 2.19. The fourth-order valence-electron chi connectivity index (χ4n) is 1.87. The Kier molecular flexibility index (Phi) is 5.76. The van der Waals surface area contributed by atoms with Crippen LogP contribution in [0.25, 0.3) is 0 Å². The van der Waals surface area contributed by atoms with Crippen LogP contribution in [0.3, 0.4) is 0 Å². The van der Waals surface area contributed by atoms with Crippen molar-refractivity contribution >= 4 is 15.7 Å². The van der Waals surface area contributed by atoms with Crippen molar-refractivity contribution in [1.29, 1.82) is 0 Å². The number of hydrogen-bond donors (Lipinski definition) is 0. The molecule has 1 aromatic carbocycles. The van der Waals surface area contributed by atoms with E-state index in [-0.39, 0.29) is 17.9 Å². The molecule has 0 bridgehead atoms. The Morgan fingerprint density at radius 1 is 1.36 bits per heavy atom. The van der Waals surface area contributed by atoms with Crippen molar-refractivity contribution in [3.8, 4) is 0 Å². The van der Waals surface area contributed by atoms with Crippen LogP contribution in [0.2, 0.25) is 0 Å². The van der Waals surface area contributed by atoms with Crippen LogP contribution in [-0.2, 0) is 15.6 Å². The summed E-state index contributed by atoms with van der Waals surface area (Å²) in [5.41, 5.74) is 0.353. The van der Waals surface area contributed by atoms with E-state index in [1.165, 1.54) is 30.3 Å². The molecule has 0 radical (unpaired) electrons. The number of carbonyl (C=O) groups excluding carboxylic acids is 1. The summed E-state index contributed by atoms with van der Waals surface area (Å²) in [6.45, 7) is 1.68. The number of carbonyl (C=O) groups is 1. The third-order valence-corrected chi connectivity index (χ3v) is 3.47. The lowest BCUT2D eigenvalue weighted by Gasteiger charge is -2.22. The average molecular weight is 335 g/mol. The molecule has 1 rings (SSSR count). The van der Waals surface area contributed by atoms with Gasteiger partial charge in [0.15, 0.2) is 9.84 Å². The van der Waals surface area contributed by atoms with E-state index >= 15 is 0 Å². The number of rotatable bonds is 6. The van der Waals surface area contributed by atoms with Crippen LogP contribution in [-0.4, -0.2) is 44.7 Å². The largest absolute Gasteiger partial charge is 0.406 e. The van der Waals surface area contributed by atoms with Crippen molar-refractivity contribution in [1.82, 2.24) is 4.90 Å². The SMILES string of the molecule is C=CCN(CC(F)(F)F)C(=O)c1cccc(CS(C)(=O)=O)c1.